The first kappa shape index (κ1) is 56.3. The molecular weight excluding hydrogens is 719 g/mol. The van der Waals surface area contributed by atoms with E-state index in [0.717, 1.165) is 70.6 Å². The van der Waals surface area contributed by atoms with E-state index in [2.05, 4.69) is 43.5 Å². The molecule has 6 nitrogen and oxygen atoms in total. The van der Waals surface area contributed by atoms with Crippen molar-refractivity contribution < 1.29 is 24.5 Å². The van der Waals surface area contributed by atoms with E-state index >= 15 is 0 Å². The summed E-state index contributed by atoms with van der Waals surface area (Å²) in [5.41, 5.74) is 0. The maximum Gasteiger partial charge on any atom is 0.305 e. The van der Waals surface area contributed by atoms with Crippen LogP contribution in [0.4, 0.5) is 0 Å². The van der Waals surface area contributed by atoms with Crippen LogP contribution in [-0.2, 0) is 14.3 Å². The number of ether oxygens (including phenoxy) is 1. The van der Waals surface area contributed by atoms with E-state index in [-0.39, 0.29) is 18.5 Å². The Hall–Kier alpha value is -1.66. The Labute approximate surface area is 361 Å². The third kappa shape index (κ3) is 43.9. The molecule has 0 spiro atoms. The summed E-state index contributed by atoms with van der Waals surface area (Å²) < 4.78 is 5.45. The van der Waals surface area contributed by atoms with Gasteiger partial charge in [-0.1, -0.05) is 205 Å². The summed E-state index contributed by atoms with van der Waals surface area (Å²) in [5.74, 6) is -0.0866. The molecule has 0 aliphatic rings. The summed E-state index contributed by atoms with van der Waals surface area (Å²) in [4.78, 5) is 24.4. The van der Waals surface area contributed by atoms with Gasteiger partial charge in [0.2, 0.25) is 5.91 Å². The topological polar surface area (TPSA) is 95.9 Å². The molecule has 6 heteroatoms. The van der Waals surface area contributed by atoms with Crippen molar-refractivity contribution in [3.05, 3.63) is 24.3 Å². The normalized spacial score (nSPS) is 12.8. The highest BCUT2D eigenvalue weighted by atomic mass is 16.5. The average Bonchev–Trinajstić information content (AvgIpc) is 3.22. The lowest BCUT2D eigenvalue weighted by atomic mass is 10.0. The van der Waals surface area contributed by atoms with Gasteiger partial charge >= 0.3 is 5.97 Å². The number of hydrogen-bond acceptors (Lipinski definition) is 5. The standard InChI is InChI=1S/C52H99NO5/c1-3-5-7-9-11-13-15-17-20-24-28-32-36-40-44-50(55)49(48-54)53-51(56)45-41-37-33-29-25-21-19-23-27-31-35-39-43-47-58-52(57)46-42-38-34-30-26-22-18-16-14-12-10-8-6-4-2/h16,18,21,25,49-50,54-55H,3-15,17,19-20,22-24,26-48H2,1-2H3,(H,53,56)/b18-16-,25-21-. The largest absolute Gasteiger partial charge is 0.466 e. The third-order valence-corrected chi connectivity index (χ3v) is 11.7. The van der Waals surface area contributed by atoms with Crippen LogP contribution in [0.2, 0.25) is 0 Å². The van der Waals surface area contributed by atoms with Gasteiger partial charge in [-0.05, 0) is 77.0 Å². The molecule has 0 aromatic heterocycles. The molecule has 0 aromatic carbocycles. The number of carbonyl (C=O) groups is 2. The predicted octanol–water partition coefficient (Wildman–Crippen LogP) is 15.1. The molecule has 0 heterocycles. The van der Waals surface area contributed by atoms with Crippen molar-refractivity contribution in [1.82, 2.24) is 5.32 Å². The molecule has 0 rings (SSSR count). The number of amides is 1. The third-order valence-electron chi connectivity index (χ3n) is 11.7. The van der Waals surface area contributed by atoms with E-state index in [1.165, 1.54) is 167 Å². The van der Waals surface area contributed by atoms with Crippen molar-refractivity contribution in [2.75, 3.05) is 13.2 Å². The first-order valence-electron chi connectivity index (χ1n) is 25.6. The van der Waals surface area contributed by atoms with Gasteiger partial charge in [0.1, 0.15) is 0 Å². The summed E-state index contributed by atoms with van der Waals surface area (Å²) in [6.45, 7) is 4.89. The quantitative estimate of drug-likeness (QED) is 0.0323. The lowest BCUT2D eigenvalue weighted by Gasteiger charge is -2.22. The number of hydrogen-bond donors (Lipinski definition) is 3. The lowest BCUT2D eigenvalue weighted by molar-refractivity contribution is -0.143. The van der Waals surface area contributed by atoms with Crippen LogP contribution in [0.3, 0.4) is 0 Å². The van der Waals surface area contributed by atoms with E-state index in [1.54, 1.807) is 0 Å². The number of allylic oxidation sites excluding steroid dienone is 4. The number of nitrogens with one attached hydrogen (secondary N) is 1. The van der Waals surface area contributed by atoms with Crippen LogP contribution >= 0.6 is 0 Å². The van der Waals surface area contributed by atoms with Crippen LogP contribution in [0.1, 0.15) is 271 Å². The molecule has 58 heavy (non-hydrogen) atoms. The maximum atomic E-state index is 12.4. The van der Waals surface area contributed by atoms with Crippen LogP contribution < -0.4 is 5.32 Å². The van der Waals surface area contributed by atoms with Gasteiger partial charge in [-0.15, -0.1) is 0 Å². The Morgan fingerprint density at radius 1 is 0.466 bits per heavy atom. The van der Waals surface area contributed by atoms with Crippen molar-refractivity contribution in [2.24, 2.45) is 0 Å². The molecule has 0 bridgehead atoms. The Bertz CT molecular complexity index is 904. The molecule has 0 fully saturated rings. The van der Waals surface area contributed by atoms with Gasteiger partial charge in [0, 0.05) is 12.8 Å². The fraction of sp³-hybridized carbons (Fsp3) is 0.885. The zero-order valence-corrected chi connectivity index (χ0v) is 38.8. The number of unbranched alkanes of at least 4 members (excludes halogenated alkanes) is 32. The summed E-state index contributed by atoms with van der Waals surface area (Å²) in [6.07, 6.45) is 55.7. The van der Waals surface area contributed by atoms with Crippen LogP contribution in [0, 0.1) is 0 Å². The average molecular weight is 818 g/mol. The van der Waals surface area contributed by atoms with E-state index in [1.807, 2.05) is 0 Å². The lowest BCUT2D eigenvalue weighted by Crippen LogP contribution is -2.45. The second-order valence-corrected chi connectivity index (χ2v) is 17.5. The Balaban J connectivity index is 3.51. The summed E-state index contributed by atoms with van der Waals surface area (Å²) in [5, 5.41) is 23.2. The van der Waals surface area contributed by atoms with Crippen molar-refractivity contribution >= 4 is 11.9 Å². The second-order valence-electron chi connectivity index (χ2n) is 17.5. The van der Waals surface area contributed by atoms with Gasteiger partial charge in [-0.3, -0.25) is 9.59 Å². The summed E-state index contributed by atoms with van der Waals surface area (Å²) in [6, 6.07) is -0.561. The second kappa shape index (κ2) is 48.0. The zero-order chi connectivity index (χ0) is 42.3. The number of aliphatic hydroxyl groups is 2. The van der Waals surface area contributed by atoms with Gasteiger partial charge in [-0.25, -0.2) is 0 Å². The predicted molar refractivity (Wildman–Crippen MR) is 250 cm³/mol. The van der Waals surface area contributed by atoms with Crippen LogP contribution in [-0.4, -0.2) is 47.4 Å². The van der Waals surface area contributed by atoms with E-state index in [9.17, 15) is 19.8 Å². The highest BCUT2D eigenvalue weighted by Gasteiger charge is 2.20. The summed E-state index contributed by atoms with van der Waals surface area (Å²) >= 11 is 0. The minimum absolute atomic E-state index is 0.0213. The number of aliphatic hydroxyl groups excluding tert-OH is 2. The number of esters is 1. The fourth-order valence-corrected chi connectivity index (χ4v) is 7.74. The highest BCUT2D eigenvalue weighted by Crippen LogP contribution is 2.16. The van der Waals surface area contributed by atoms with Gasteiger partial charge in [0.15, 0.2) is 0 Å². The minimum atomic E-state index is -0.681. The number of carbonyl (C=O) groups excluding carboxylic acids is 2. The van der Waals surface area contributed by atoms with Gasteiger partial charge in [0.05, 0.1) is 25.4 Å². The van der Waals surface area contributed by atoms with Crippen LogP contribution in [0.15, 0.2) is 24.3 Å². The molecule has 0 saturated carbocycles. The Morgan fingerprint density at radius 2 is 0.810 bits per heavy atom. The maximum absolute atomic E-state index is 12.4. The van der Waals surface area contributed by atoms with Gasteiger partial charge in [-0.2, -0.15) is 0 Å². The molecule has 0 radical (unpaired) electrons. The van der Waals surface area contributed by atoms with E-state index in [4.69, 9.17) is 4.74 Å². The zero-order valence-electron chi connectivity index (χ0n) is 38.8. The molecule has 2 atom stereocenters. The molecule has 0 aliphatic carbocycles. The first-order valence-corrected chi connectivity index (χ1v) is 25.6. The minimum Gasteiger partial charge on any atom is -0.466 e. The van der Waals surface area contributed by atoms with Gasteiger partial charge in [0.25, 0.3) is 0 Å². The van der Waals surface area contributed by atoms with Crippen molar-refractivity contribution in [3.63, 3.8) is 0 Å². The molecule has 1 amide bonds. The molecular formula is C52H99NO5. The monoisotopic (exact) mass is 818 g/mol. The number of rotatable bonds is 47. The van der Waals surface area contributed by atoms with E-state index < -0.39 is 12.1 Å². The van der Waals surface area contributed by atoms with E-state index in [0.29, 0.717) is 25.9 Å². The van der Waals surface area contributed by atoms with Crippen molar-refractivity contribution in [2.45, 2.75) is 283 Å². The molecule has 0 saturated heterocycles. The Kier molecular flexibility index (Phi) is 46.6. The first-order chi connectivity index (χ1) is 28.5. The molecule has 3 N–H and O–H groups in total. The van der Waals surface area contributed by atoms with Gasteiger partial charge < -0.3 is 20.3 Å². The Morgan fingerprint density at radius 3 is 1.24 bits per heavy atom. The smallest absolute Gasteiger partial charge is 0.305 e. The molecule has 0 aromatic rings. The van der Waals surface area contributed by atoms with Crippen LogP contribution in [0.25, 0.3) is 0 Å². The highest BCUT2D eigenvalue weighted by molar-refractivity contribution is 5.76. The molecule has 0 aliphatic heterocycles. The molecule has 2 unspecified atom stereocenters. The fourth-order valence-electron chi connectivity index (χ4n) is 7.74. The SMILES string of the molecule is CCCCCCC/C=C\CCCCCCCC(=O)OCCCCCCCC/C=C\CCCCCC(=O)NC(CO)C(O)CCCCCCCCCCCCCCCC. The molecule has 342 valence electrons. The van der Waals surface area contributed by atoms with Crippen LogP contribution in [0.5, 0.6) is 0 Å². The summed E-state index contributed by atoms with van der Waals surface area (Å²) in [7, 11) is 0. The van der Waals surface area contributed by atoms with Crippen molar-refractivity contribution in [1.29, 1.82) is 0 Å². The van der Waals surface area contributed by atoms with Crippen molar-refractivity contribution in [3.8, 4) is 0 Å².